The Balaban J connectivity index is 1.54. The first kappa shape index (κ1) is 12.5. The SMILES string of the molecule is CC1CCNC1C(=O)NC(C)C1CC2CCC1C2. The zero-order valence-electron chi connectivity index (χ0n) is 11.6. The number of amides is 1. The number of carbonyl (C=O) groups is 1. The Hall–Kier alpha value is -0.570. The van der Waals surface area contributed by atoms with Crippen LogP contribution in [0.2, 0.25) is 0 Å². The average Bonchev–Trinajstić information content (AvgIpc) is 3.03. The third kappa shape index (κ3) is 2.18. The van der Waals surface area contributed by atoms with Crippen LogP contribution in [-0.4, -0.2) is 24.5 Å². The molecule has 1 amide bonds. The molecule has 102 valence electrons. The van der Waals surface area contributed by atoms with Gasteiger partial charge >= 0.3 is 0 Å². The number of hydrogen-bond acceptors (Lipinski definition) is 2. The van der Waals surface area contributed by atoms with Crippen molar-refractivity contribution in [1.29, 1.82) is 0 Å². The molecule has 6 atom stereocenters. The first-order valence-corrected chi connectivity index (χ1v) is 7.69. The molecule has 3 fully saturated rings. The Morgan fingerprint density at radius 1 is 1.28 bits per heavy atom. The van der Waals surface area contributed by atoms with Crippen molar-refractivity contribution in [2.24, 2.45) is 23.7 Å². The van der Waals surface area contributed by atoms with Crippen molar-refractivity contribution in [1.82, 2.24) is 10.6 Å². The van der Waals surface area contributed by atoms with Crippen LogP contribution in [0.3, 0.4) is 0 Å². The van der Waals surface area contributed by atoms with Gasteiger partial charge in [-0.2, -0.15) is 0 Å². The molecular weight excluding hydrogens is 224 g/mol. The summed E-state index contributed by atoms with van der Waals surface area (Å²) < 4.78 is 0. The van der Waals surface area contributed by atoms with Crippen molar-refractivity contribution in [3.05, 3.63) is 0 Å². The maximum atomic E-state index is 12.3. The fourth-order valence-electron chi connectivity index (χ4n) is 4.51. The summed E-state index contributed by atoms with van der Waals surface area (Å²) in [6, 6.07) is 0.411. The standard InChI is InChI=1S/C15H26N2O/c1-9-5-6-16-14(9)15(18)17-10(2)13-8-11-3-4-12(13)7-11/h9-14,16H,3-8H2,1-2H3,(H,17,18). The van der Waals surface area contributed by atoms with E-state index in [1.807, 2.05) is 0 Å². The van der Waals surface area contributed by atoms with Gasteiger partial charge < -0.3 is 10.6 Å². The minimum absolute atomic E-state index is 0.0473. The zero-order chi connectivity index (χ0) is 12.7. The molecule has 0 aromatic carbocycles. The van der Waals surface area contributed by atoms with Crippen LogP contribution >= 0.6 is 0 Å². The number of nitrogens with one attached hydrogen (secondary N) is 2. The quantitative estimate of drug-likeness (QED) is 0.803. The lowest BCUT2D eigenvalue weighted by atomic mass is 9.84. The third-order valence-electron chi connectivity index (χ3n) is 5.62. The number of fused-ring (bicyclic) bond motifs is 2. The third-order valence-corrected chi connectivity index (χ3v) is 5.62. The summed E-state index contributed by atoms with van der Waals surface area (Å²) in [5.41, 5.74) is 0. The second kappa shape index (κ2) is 4.84. The summed E-state index contributed by atoms with van der Waals surface area (Å²) in [7, 11) is 0. The molecule has 0 spiro atoms. The first-order valence-electron chi connectivity index (χ1n) is 7.69. The minimum Gasteiger partial charge on any atom is -0.352 e. The average molecular weight is 250 g/mol. The van der Waals surface area contributed by atoms with E-state index >= 15 is 0 Å². The molecular formula is C15H26N2O. The van der Waals surface area contributed by atoms with Gasteiger partial charge in [-0.1, -0.05) is 13.3 Å². The molecule has 0 aromatic heterocycles. The van der Waals surface area contributed by atoms with Crippen LogP contribution in [-0.2, 0) is 4.79 Å². The summed E-state index contributed by atoms with van der Waals surface area (Å²) in [6.45, 7) is 5.37. The van der Waals surface area contributed by atoms with E-state index in [9.17, 15) is 4.79 Å². The highest BCUT2D eigenvalue weighted by molar-refractivity contribution is 5.82. The van der Waals surface area contributed by atoms with Gasteiger partial charge in [0.2, 0.25) is 5.91 Å². The second-order valence-electron chi connectivity index (χ2n) is 6.83. The normalized spacial score (nSPS) is 44.2. The second-order valence-corrected chi connectivity index (χ2v) is 6.83. The molecule has 2 aliphatic carbocycles. The van der Waals surface area contributed by atoms with Gasteiger partial charge in [0, 0.05) is 6.04 Å². The molecule has 18 heavy (non-hydrogen) atoms. The fraction of sp³-hybridized carbons (Fsp3) is 0.933. The van der Waals surface area contributed by atoms with Crippen molar-refractivity contribution in [2.75, 3.05) is 6.54 Å². The Kier molecular flexibility index (Phi) is 3.35. The van der Waals surface area contributed by atoms with Crippen LogP contribution in [0.1, 0.15) is 46.0 Å². The molecule has 1 aliphatic heterocycles. The van der Waals surface area contributed by atoms with Gasteiger partial charge in [-0.05, 0) is 62.8 Å². The highest BCUT2D eigenvalue weighted by Gasteiger charge is 2.42. The lowest BCUT2D eigenvalue weighted by Crippen LogP contribution is -2.49. The van der Waals surface area contributed by atoms with Gasteiger partial charge in [0.1, 0.15) is 0 Å². The predicted octanol–water partition coefficient (Wildman–Crippen LogP) is 1.93. The molecule has 0 aromatic rings. The predicted molar refractivity (Wildman–Crippen MR) is 72.1 cm³/mol. The molecule has 1 heterocycles. The van der Waals surface area contributed by atoms with Crippen LogP contribution in [0.4, 0.5) is 0 Å². The molecule has 3 rings (SSSR count). The van der Waals surface area contributed by atoms with Crippen molar-refractivity contribution >= 4 is 5.91 Å². The van der Waals surface area contributed by atoms with Crippen LogP contribution in [0.5, 0.6) is 0 Å². The number of rotatable bonds is 3. The summed E-state index contributed by atoms with van der Waals surface area (Å²) in [5, 5.41) is 6.60. The molecule has 6 unspecified atom stereocenters. The molecule has 2 bridgehead atoms. The molecule has 0 radical (unpaired) electrons. The Bertz CT molecular complexity index is 330. The van der Waals surface area contributed by atoms with Gasteiger partial charge in [-0.15, -0.1) is 0 Å². The Morgan fingerprint density at radius 3 is 2.67 bits per heavy atom. The van der Waals surface area contributed by atoms with E-state index in [0.717, 1.165) is 30.7 Å². The van der Waals surface area contributed by atoms with Crippen molar-refractivity contribution in [3.63, 3.8) is 0 Å². The van der Waals surface area contributed by atoms with Gasteiger partial charge in [-0.3, -0.25) is 4.79 Å². The summed E-state index contributed by atoms with van der Waals surface area (Å²) in [5.74, 6) is 3.30. The maximum absolute atomic E-state index is 12.3. The lowest BCUT2D eigenvalue weighted by molar-refractivity contribution is -0.124. The van der Waals surface area contributed by atoms with Crippen LogP contribution in [0.15, 0.2) is 0 Å². The van der Waals surface area contributed by atoms with E-state index < -0.39 is 0 Å². The van der Waals surface area contributed by atoms with Gasteiger partial charge in [0.05, 0.1) is 6.04 Å². The van der Waals surface area contributed by atoms with E-state index in [0.29, 0.717) is 12.0 Å². The van der Waals surface area contributed by atoms with E-state index in [1.165, 1.54) is 25.7 Å². The van der Waals surface area contributed by atoms with Crippen molar-refractivity contribution in [2.45, 2.75) is 58.0 Å². The van der Waals surface area contributed by atoms with E-state index in [4.69, 9.17) is 0 Å². The largest absolute Gasteiger partial charge is 0.352 e. The molecule has 3 nitrogen and oxygen atoms in total. The maximum Gasteiger partial charge on any atom is 0.237 e. The lowest BCUT2D eigenvalue weighted by Gasteiger charge is -2.30. The molecule has 2 N–H and O–H groups in total. The van der Waals surface area contributed by atoms with Crippen LogP contribution in [0.25, 0.3) is 0 Å². The van der Waals surface area contributed by atoms with Crippen molar-refractivity contribution < 1.29 is 4.79 Å². The van der Waals surface area contributed by atoms with E-state index in [-0.39, 0.29) is 11.9 Å². The summed E-state index contributed by atoms with van der Waals surface area (Å²) in [4.78, 5) is 12.3. The molecule has 2 saturated carbocycles. The number of hydrogen-bond donors (Lipinski definition) is 2. The Morgan fingerprint density at radius 2 is 2.11 bits per heavy atom. The molecule has 3 aliphatic rings. The van der Waals surface area contributed by atoms with Crippen LogP contribution in [0, 0.1) is 23.7 Å². The topological polar surface area (TPSA) is 41.1 Å². The van der Waals surface area contributed by atoms with E-state index in [1.54, 1.807) is 0 Å². The summed E-state index contributed by atoms with van der Waals surface area (Å²) >= 11 is 0. The van der Waals surface area contributed by atoms with Gasteiger partial charge in [0.15, 0.2) is 0 Å². The molecule has 1 saturated heterocycles. The highest BCUT2D eigenvalue weighted by atomic mass is 16.2. The Labute approximate surface area is 110 Å². The first-order chi connectivity index (χ1) is 8.65. The summed E-state index contributed by atoms with van der Waals surface area (Å²) in [6.07, 6.45) is 6.72. The minimum atomic E-state index is 0.0473. The highest BCUT2D eigenvalue weighted by Crippen LogP contribution is 2.49. The fourth-order valence-corrected chi connectivity index (χ4v) is 4.51. The van der Waals surface area contributed by atoms with Crippen LogP contribution < -0.4 is 10.6 Å². The van der Waals surface area contributed by atoms with Crippen molar-refractivity contribution in [3.8, 4) is 0 Å². The van der Waals surface area contributed by atoms with E-state index in [2.05, 4.69) is 24.5 Å². The number of carbonyl (C=O) groups excluding carboxylic acids is 1. The van der Waals surface area contributed by atoms with Gasteiger partial charge in [0.25, 0.3) is 0 Å². The molecule has 3 heteroatoms. The zero-order valence-corrected chi connectivity index (χ0v) is 11.6. The van der Waals surface area contributed by atoms with Gasteiger partial charge in [-0.25, -0.2) is 0 Å². The monoisotopic (exact) mass is 250 g/mol. The smallest absolute Gasteiger partial charge is 0.237 e.